The standard InChI is InChI=1S/C19H28INO3/c1-11(2)13-7-6-12(3)8-16(13)21-19(22)14-9-17(23-4)18(24-5)10-15(14)20/h9-13,16H,6-8H2,1-5H3,(H,21,22). The average molecular weight is 445 g/mol. The molecule has 1 aliphatic carbocycles. The molecule has 0 aliphatic heterocycles. The number of benzene rings is 1. The molecule has 1 aromatic rings. The highest BCUT2D eigenvalue weighted by atomic mass is 127. The Morgan fingerprint density at radius 2 is 1.83 bits per heavy atom. The van der Waals surface area contributed by atoms with Crippen LogP contribution in [-0.2, 0) is 0 Å². The predicted molar refractivity (Wildman–Crippen MR) is 105 cm³/mol. The first-order valence-electron chi connectivity index (χ1n) is 8.59. The van der Waals surface area contributed by atoms with Crippen molar-refractivity contribution >= 4 is 28.5 Å². The summed E-state index contributed by atoms with van der Waals surface area (Å²) in [4.78, 5) is 12.9. The molecule has 0 radical (unpaired) electrons. The summed E-state index contributed by atoms with van der Waals surface area (Å²) < 4.78 is 11.5. The number of halogens is 1. The van der Waals surface area contributed by atoms with Crippen LogP contribution in [0.2, 0.25) is 0 Å². The smallest absolute Gasteiger partial charge is 0.252 e. The second kappa shape index (κ2) is 8.41. The average Bonchev–Trinajstić information content (AvgIpc) is 2.54. The molecule has 5 heteroatoms. The summed E-state index contributed by atoms with van der Waals surface area (Å²) >= 11 is 2.18. The van der Waals surface area contributed by atoms with Gasteiger partial charge < -0.3 is 14.8 Å². The zero-order valence-electron chi connectivity index (χ0n) is 15.2. The van der Waals surface area contributed by atoms with Crippen molar-refractivity contribution in [3.8, 4) is 11.5 Å². The van der Waals surface area contributed by atoms with Crippen molar-refractivity contribution in [3.05, 3.63) is 21.3 Å². The topological polar surface area (TPSA) is 47.6 Å². The number of ether oxygens (including phenoxy) is 2. The van der Waals surface area contributed by atoms with Crippen LogP contribution in [0, 0.1) is 21.3 Å². The zero-order valence-corrected chi connectivity index (χ0v) is 17.3. The lowest BCUT2D eigenvalue weighted by molar-refractivity contribution is 0.0866. The van der Waals surface area contributed by atoms with E-state index in [9.17, 15) is 4.79 Å². The molecule has 134 valence electrons. The molecule has 0 spiro atoms. The molecule has 3 unspecified atom stereocenters. The molecule has 2 rings (SSSR count). The van der Waals surface area contributed by atoms with Gasteiger partial charge in [-0.1, -0.05) is 27.2 Å². The third-order valence-electron chi connectivity index (χ3n) is 5.06. The van der Waals surface area contributed by atoms with Crippen LogP contribution in [-0.4, -0.2) is 26.2 Å². The zero-order chi connectivity index (χ0) is 17.9. The van der Waals surface area contributed by atoms with E-state index < -0.39 is 0 Å². The summed E-state index contributed by atoms with van der Waals surface area (Å²) in [5.41, 5.74) is 0.647. The second-order valence-electron chi connectivity index (χ2n) is 7.09. The normalized spacial score (nSPS) is 23.9. The van der Waals surface area contributed by atoms with E-state index in [0.29, 0.717) is 34.8 Å². The van der Waals surface area contributed by atoms with Gasteiger partial charge in [0, 0.05) is 9.61 Å². The van der Waals surface area contributed by atoms with Gasteiger partial charge in [-0.3, -0.25) is 4.79 Å². The molecule has 1 N–H and O–H groups in total. The van der Waals surface area contributed by atoms with E-state index in [4.69, 9.17) is 9.47 Å². The molecule has 0 aromatic heterocycles. The minimum absolute atomic E-state index is 0.0231. The van der Waals surface area contributed by atoms with E-state index in [2.05, 4.69) is 48.7 Å². The van der Waals surface area contributed by atoms with Crippen LogP contribution >= 0.6 is 22.6 Å². The van der Waals surface area contributed by atoms with Crippen molar-refractivity contribution in [1.29, 1.82) is 0 Å². The third kappa shape index (κ3) is 4.35. The maximum atomic E-state index is 12.9. The van der Waals surface area contributed by atoms with Crippen LogP contribution in [0.25, 0.3) is 0 Å². The Morgan fingerprint density at radius 1 is 1.21 bits per heavy atom. The van der Waals surface area contributed by atoms with Gasteiger partial charge in [0.25, 0.3) is 5.91 Å². The van der Waals surface area contributed by atoms with Gasteiger partial charge in [0.2, 0.25) is 0 Å². The molecule has 0 bridgehead atoms. The fraction of sp³-hybridized carbons (Fsp3) is 0.632. The number of methoxy groups -OCH3 is 2. The van der Waals surface area contributed by atoms with E-state index in [0.717, 1.165) is 9.99 Å². The Bertz CT molecular complexity index is 588. The fourth-order valence-corrected chi connectivity index (χ4v) is 4.33. The number of carbonyl (C=O) groups is 1. The Hall–Kier alpha value is -0.980. The first kappa shape index (κ1) is 19.3. The highest BCUT2D eigenvalue weighted by molar-refractivity contribution is 14.1. The number of hydrogen-bond acceptors (Lipinski definition) is 3. The molecular formula is C19H28INO3. The number of carbonyl (C=O) groups excluding carboxylic acids is 1. The van der Waals surface area contributed by atoms with Crippen molar-refractivity contribution in [2.75, 3.05) is 14.2 Å². The highest BCUT2D eigenvalue weighted by Gasteiger charge is 2.32. The Kier molecular flexibility index (Phi) is 6.78. The predicted octanol–water partition coefficient (Wildman–Crippen LogP) is 4.50. The molecule has 1 aromatic carbocycles. The van der Waals surface area contributed by atoms with Crippen LogP contribution in [0.5, 0.6) is 11.5 Å². The van der Waals surface area contributed by atoms with E-state index in [-0.39, 0.29) is 11.9 Å². The summed E-state index contributed by atoms with van der Waals surface area (Å²) in [6.07, 6.45) is 3.49. The van der Waals surface area contributed by atoms with Gasteiger partial charge in [0.05, 0.1) is 19.8 Å². The molecule has 0 saturated heterocycles. The van der Waals surface area contributed by atoms with Crippen molar-refractivity contribution in [2.24, 2.45) is 17.8 Å². The Balaban J connectivity index is 2.22. The highest BCUT2D eigenvalue weighted by Crippen LogP contribution is 2.35. The Morgan fingerprint density at radius 3 is 2.42 bits per heavy atom. The van der Waals surface area contributed by atoms with Crippen molar-refractivity contribution in [2.45, 2.75) is 46.1 Å². The van der Waals surface area contributed by atoms with Crippen LogP contribution in [0.3, 0.4) is 0 Å². The molecule has 24 heavy (non-hydrogen) atoms. The molecule has 3 atom stereocenters. The second-order valence-corrected chi connectivity index (χ2v) is 8.26. The van der Waals surface area contributed by atoms with Crippen molar-refractivity contribution in [1.82, 2.24) is 5.32 Å². The summed E-state index contributed by atoms with van der Waals surface area (Å²) in [7, 11) is 3.19. The Labute approximate surface area is 158 Å². The third-order valence-corrected chi connectivity index (χ3v) is 5.95. The summed E-state index contributed by atoms with van der Waals surface area (Å²) in [5, 5.41) is 3.29. The van der Waals surface area contributed by atoms with E-state index in [1.165, 1.54) is 12.8 Å². The molecular weight excluding hydrogens is 417 g/mol. The first-order valence-corrected chi connectivity index (χ1v) is 9.67. The molecule has 1 fully saturated rings. The maximum absolute atomic E-state index is 12.9. The van der Waals surface area contributed by atoms with E-state index in [1.807, 2.05) is 6.07 Å². The lowest BCUT2D eigenvalue weighted by atomic mass is 9.74. The van der Waals surface area contributed by atoms with Crippen LogP contribution in [0.1, 0.15) is 50.4 Å². The lowest BCUT2D eigenvalue weighted by Gasteiger charge is -2.37. The van der Waals surface area contributed by atoms with Gasteiger partial charge in [-0.25, -0.2) is 0 Å². The summed E-state index contributed by atoms with van der Waals surface area (Å²) in [6.45, 7) is 6.77. The largest absolute Gasteiger partial charge is 0.493 e. The number of hydrogen-bond donors (Lipinski definition) is 1. The molecule has 0 heterocycles. The summed E-state index contributed by atoms with van der Waals surface area (Å²) in [5.74, 6) is 2.99. The molecule has 4 nitrogen and oxygen atoms in total. The lowest BCUT2D eigenvalue weighted by Crippen LogP contribution is -2.45. The number of nitrogens with one attached hydrogen (secondary N) is 1. The van der Waals surface area contributed by atoms with Gasteiger partial charge in [0.1, 0.15) is 0 Å². The molecule has 1 amide bonds. The van der Waals surface area contributed by atoms with Crippen LogP contribution in [0.4, 0.5) is 0 Å². The van der Waals surface area contributed by atoms with Gasteiger partial charge in [-0.2, -0.15) is 0 Å². The first-order chi connectivity index (χ1) is 11.4. The fourth-order valence-electron chi connectivity index (χ4n) is 3.64. The van der Waals surface area contributed by atoms with Gasteiger partial charge in [-0.15, -0.1) is 0 Å². The van der Waals surface area contributed by atoms with Gasteiger partial charge in [0.15, 0.2) is 11.5 Å². The van der Waals surface area contributed by atoms with Crippen LogP contribution in [0.15, 0.2) is 12.1 Å². The van der Waals surface area contributed by atoms with Crippen molar-refractivity contribution < 1.29 is 14.3 Å². The quantitative estimate of drug-likeness (QED) is 0.680. The minimum atomic E-state index is -0.0231. The number of rotatable bonds is 5. The van der Waals surface area contributed by atoms with Crippen molar-refractivity contribution in [3.63, 3.8) is 0 Å². The van der Waals surface area contributed by atoms with Gasteiger partial charge >= 0.3 is 0 Å². The van der Waals surface area contributed by atoms with E-state index in [1.54, 1.807) is 20.3 Å². The SMILES string of the molecule is COc1cc(I)c(C(=O)NC2CC(C)CCC2C(C)C)cc1OC. The molecule has 1 aliphatic rings. The van der Waals surface area contributed by atoms with Crippen LogP contribution < -0.4 is 14.8 Å². The molecule has 1 saturated carbocycles. The minimum Gasteiger partial charge on any atom is -0.493 e. The van der Waals surface area contributed by atoms with E-state index >= 15 is 0 Å². The van der Waals surface area contributed by atoms with Gasteiger partial charge in [-0.05, 0) is 65.3 Å². The summed E-state index contributed by atoms with van der Waals surface area (Å²) in [6, 6.07) is 3.86. The monoisotopic (exact) mass is 445 g/mol. The number of amides is 1. The maximum Gasteiger partial charge on any atom is 0.252 e.